The van der Waals surface area contributed by atoms with Crippen LogP contribution in [0.5, 0.6) is 5.75 Å². The normalized spacial score (nSPS) is 15.7. The van der Waals surface area contributed by atoms with E-state index in [1.807, 2.05) is 13.0 Å². The maximum absolute atomic E-state index is 12.5. The van der Waals surface area contributed by atoms with Crippen LogP contribution in [0.4, 0.5) is 11.4 Å². The number of amides is 3. The lowest BCUT2D eigenvalue weighted by molar-refractivity contribution is -0.121. The highest BCUT2D eigenvalue weighted by atomic mass is 16.5. The minimum Gasteiger partial charge on any atom is -0.494 e. The number of ether oxygens (including phenoxy) is 1. The molecule has 1 atom stereocenters. The highest BCUT2D eigenvalue weighted by Crippen LogP contribution is 2.16. The van der Waals surface area contributed by atoms with Gasteiger partial charge >= 0.3 is 0 Å². The fourth-order valence-corrected chi connectivity index (χ4v) is 2.75. The van der Waals surface area contributed by atoms with Gasteiger partial charge < -0.3 is 15.4 Å². The second-order valence-corrected chi connectivity index (χ2v) is 6.46. The third-order valence-electron chi connectivity index (χ3n) is 4.21. The number of carbonyl (C=O) groups is 3. The molecular formula is C21H23N5O4. The average Bonchev–Trinajstić information content (AvgIpc) is 2.76. The zero-order valence-corrected chi connectivity index (χ0v) is 16.7. The first-order chi connectivity index (χ1) is 14.5. The number of anilines is 2. The van der Waals surface area contributed by atoms with E-state index in [0.717, 1.165) is 0 Å². The van der Waals surface area contributed by atoms with Crippen molar-refractivity contribution < 1.29 is 19.1 Å². The van der Waals surface area contributed by atoms with Crippen molar-refractivity contribution in [2.24, 2.45) is 4.99 Å². The number of aliphatic imine (C=N–C) groups is 1. The van der Waals surface area contributed by atoms with Gasteiger partial charge in [0.05, 0.1) is 18.8 Å². The van der Waals surface area contributed by atoms with E-state index in [9.17, 15) is 14.4 Å². The second-order valence-electron chi connectivity index (χ2n) is 6.46. The summed E-state index contributed by atoms with van der Waals surface area (Å²) >= 11 is 0. The summed E-state index contributed by atoms with van der Waals surface area (Å²) in [5.74, 6) is -0.604. The van der Waals surface area contributed by atoms with Crippen molar-refractivity contribution in [3.63, 3.8) is 0 Å². The SMILES string of the molecule is CCOc1ccc(NC(=O)CNC(=O)C2=NC(C)C(=O)N(c3ccccc3)N2)cc1. The van der Waals surface area contributed by atoms with Gasteiger partial charge in [-0.2, -0.15) is 0 Å². The molecule has 1 aliphatic rings. The number of hydrogen-bond donors (Lipinski definition) is 3. The van der Waals surface area contributed by atoms with E-state index in [4.69, 9.17) is 4.74 Å². The van der Waals surface area contributed by atoms with E-state index in [1.165, 1.54) is 5.01 Å². The highest BCUT2D eigenvalue weighted by Gasteiger charge is 2.30. The number of hydrazine groups is 1. The molecule has 1 unspecified atom stereocenters. The molecule has 0 bridgehead atoms. The van der Waals surface area contributed by atoms with Gasteiger partial charge in [-0.3, -0.25) is 19.8 Å². The molecule has 1 heterocycles. The predicted molar refractivity (Wildman–Crippen MR) is 113 cm³/mol. The molecule has 1 aliphatic heterocycles. The average molecular weight is 409 g/mol. The first-order valence-corrected chi connectivity index (χ1v) is 9.52. The molecule has 0 radical (unpaired) electrons. The Labute approximate surface area is 174 Å². The largest absolute Gasteiger partial charge is 0.494 e. The highest BCUT2D eigenvalue weighted by molar-refractivity contribution is 6.39. The Balaban J connectivity index is 1.56. The Morgan fingerprint density at radius 1 is 1.13 bits per heavy atom. The minimum absolute atomic E-state index is 0.0418. The van der Waals surface area contributed by atoms with Crippen LogP contribution in [0, 0.1) is 0 Å². The van der Waals surface area contributed by atoms with Crippen LogP contribution in [0.1, 0.15) is 13.8 Å². The van der Waals surface area contributed by atoms with Crippen molar-refractivity contribution in [2.45, 2.75) is 19.9 Å². The summed E-state index contributed by atoms with van der Waals surface area (Å²) in [7, 11) is 0. The molecule has 30 heavy (non-hydrogen) atoms. The molecule has 3 rings (SSSR count). The molecule has 9 nitrogen and oxygen atoms in total. The number of benzene rings is 2. The van der Waals surface area contributed by atoms with Crippen LogP contribution in [0.2, 0.25) is 0 Å². The topological polar surface area (TPSA) is 112 Å². The summed E-state index contributed by atoms with van der Waals surface area (Å²) in [4.78, 5) is 41.1. The van der Waals surface area contributed by atoms with E-state index in [2.05, 4.69) is 21.1 Å². The number of nitrogens with one attached hydrogen (secondary N) is 3. The predicted octanol–water partition coefficient (Wildman–Crippen LogP) is 1.48. The molecule has 0 aliphatic carbocycles. The molecular weight excluding hydrogens is 386 g/mol. The summed E-state index contributed by atoms with van der Waals surface area (Å²) in [5, 5.41) is 6.46. The third-order valence-corrected chi connectivity index (χ3v) is 4.21. The van der Waals surface area contributed by atoms with Crippen LogP contribution in [0.25, 0.3) is 0 Å². The minimum atomic E-state index is -0.732. The molecule has 2 aromatic carbocycles. The summed E-state index contributed by atoms with van der Waals surface area (Å²) in [6, 6.07) is 15.0. The lowest BCUT2D eigenvalue weighted by Gasteiger charge is -2.30. The van der Waals surface area contributed by atoms with Crippen LogP contribution in [0.15, 0.2) is 59.6 Å². The zero-order valence-electron chi connectivity index (χ0n) is 16.7. The van der Waals surface area contributed by atoms with Gasteiger partial charge in [-0.05, 0) is 50.2 Å². The van der Waals surface area contributed by atoms with Gasteiger partial charge in [0.25, 0.3) is 11.8 Å². The molecule has 0 aromatic heterocycles. The Morgan fingerprint density at radius 2 is 1.83 bits per heavy atom. The quantitative estimate of drug-likeness (QED) is 0.641. The van der Waals surface area contributed by atoms with Gasteiger partial charge in [0.15, 0.2) is 0 Å². The standard InChI is InChI=1S/C21H23N5O4/c1-3-30-17-11-9-15(10-12-17)24-18(27)13-22-20(28)19-23-14(2)21(29)26(25-19)16-7-5-4-6-8-16/h4-12,14H,3,13H2,1-2H3,(H,22,28)(H,23,25)(H,24,27). The van der Waals surface area contributed by atoms with Crippen molar-refractivity contribution >= 4 is 34.9 Å². The fraction of sp³-hybridized carbons (Fsp3) is 0.238. The van der Waals surface area contributed by atoms with Gasteiger partial charge in [0.2, 0.25) is 11.7 Å². The van der Waals surface area contributed by atoms with Crippen molar-refractivity contribution in [3.05, 3.63) is 54.6 Å². The lowest BCUT2D eigenvalue weighted by atomic mass is 10.2. The molecule has 0 saturated carbocycles. The monoisotopic (exact) mass is 409 g/mol. The molecule has 0 fully saturated rings. The van der Waals surface area contributed by atoms with Crippen molar-refractivity contribution in [2.75, 3.05) is 23.5 Å². The fourth-order valence-electron chi connectivity index (χ4n) is 2.75. The van der Waals surface area contributed by atoms with Crippen LogP contribution < -0.4 is 25.8 Å². The van der Waals surface area contributed by atoms with E-state index < -0.39 is 17.9 Å². The Hall–Kier alpha value is -3.88. The molecule has 2 aromatic rings. The van der Waals surface area contributed by atoms with Gasteiger partial charge in [-0.1, -0.05) is 18.2 Å². The number of amidine groups is 1. The van der Waals surface area contributed by atoms with Crippen molar-refractivity contribution in [3.8, 4) is 5.75 Å². The maximum Gasteiger partial charge on any atom is 0.288 e. The summed E-state index contributed by atoms with van der Waals surface area (Å²) < 4.78 is 5.35. The van der Waals surface area contributed by atoms with Crippen molar-refractivity contribution in [1.29, 1.82) is 0 Å². The first-order valence-electron chi connectivity index (χ1n) is 9.52. The zero-order chi connectivity index (χ0) is 21.5. The summed E-state index contributed by atoms with van der Waals surface area (Å²) in [5.41, 5.74) is 3.89. The molecule has 0 spiro atoms. The van der Waals surface area contributed by atoms with Gasteiger partial charge in [-0.25, -0.2) is 10.0 Å². The number of rotatable bonds is 7. The third kappa shape index (κ3) is 5.13. The smallest absolute Gasteiger partial charge is 0.288 e. The Kier molecular flexibility index (Phi) is 6.63. The van der Waals surface area contributed by atoms with Gasteiger partial charge in [-0.15, -0.1) is 0 Å². The maximum atomic E-state index is 12.5. The Bertz CT molecular complexity index is 944. The van der Waals surface area contributed by atoms with E-state index >= 15 is 0 Å². The van der Waals surface area contributed by atoms with Crippen molar-refractivity contribution in [1.82, 2.24) is 10.7 Å². The van der Waals surface area contributed by atoms with E-state index in [1.54, 1.807) is 55.5 Å². The number of para-hydroxylation sites is 1. The second kappa shape index (κ2) is 9.55. The molecule has 156 valence electrons. The number of hydrogen-bond acceptors (Lipinski definition) is 6. The van der Waals surface area contributed by atoms with Gasteiger partial charge in [0.1, 0.15) is 11.8 Å². The molecule has 9 heteroatoms. The number of nitrogens with zero attached hydrogens (tertiary/aromatic N) is 2. The summed E-state index contributed by atoms with van der Waals surface area (Å²) in [6.07, 6.45) is 0. The molecule has 0 saturated heterocycles. The molecule has 3 N–H and O–H groups in total. The van der Waals surface area contributed by atoms with Gasteiger partial charge in [0, 0.05) is 5.69 Å². The molecule has 3 amide bonds. The lowest BCUT2D eigenvalue weighted by Crippen LogP contribution is -2.58. The number of carbonyl (C=O) groups excluding carboxylic acids is 3. The van der Waals surface area contributed by atoms with Crippen LogP contribution in [0.3, 0.4) is 0 Å². The van der Waals surface area contributed by atoms with Crippen LogP contribution in [-0.2, 0) is 14.4 Å². The van der Waals surface area contributed by atoms with Crippen LogP contribution >= 0.6 is 0 Å². The van der Waals surface area contributed by atoms with E-state index in [0.29, 0.717) is 23.7 Å². The first kappa shape index (κ1) is 20.8. The van der Waals surface area contributed by atoms with Crippen LogP contribution in [-0.4, -0.2) is 42.8 Å². The Morgan fingerprint density at radius 3 is 2.50 bits per heavy atom. The van der Waals surface area contributed by atoms with E-state index in [-0.39, 0.29) is 18.3 Å². The summed E-state index contributed by atoms with van der Waals surface area (Å²) in [6.45, 7) is 3.80.